The second kappa shape index (κ2) is 4.30. The molecule has 0 radical (unpaired) electrons. The van der Waals surface area contributed by atoms with Gasteiger partial charge < -0.3 is 0 Å². The van der Waals surface area contributed by atoms with Crippen LogP contribution in [-0.4, -0.2) is 0 Å². The van der Waals surface area contributed by atoms with E-state index in [0.29, 0.717) is 5.92 Å². The Balaban J connectivity index is 2.24. The molecule has 1 atom stereocenters. The number of rotatable bonds is 2. The summed E-state index contributed by atoms with van der Waals surface area (Å²) in [7, 11) is 0. The molecule has 0 N–H and O–H groups in total. The molecule has 0 heteroatoms. The number of hydrogen-bond acceptors (Lipinski definition) is 0. The first-order valence-corrected chi connectivity index (χ1v) is 6.34. The molecule has 3 rings (SSSR count). The van der Waals surface area contributed by atoms with E-state index in [2.05, 4.69) is 68.1 Å². The van der Waals surface area contributed by atoms with Crippen molar-refractivity contribution >= 4 is 11.1 Å². The summed E-state index contributed by atoms with van der Waals surface area (Å²) in [5, 5.41) is 0. The molecule has 0 spiro atoms. The van der Waals surface area contributed by atoms with E-state index in [0.717, 1.165) is 0 Å². The summed E-state index contributed by atoms with van der Waals surface area (Å²) in [6.45, 7) is 6.27. The average molecular weight is 232 g/mol. The SMILES string of the molecule is C=CC1=C(c2ccccc2)C(C)c2ccccc21. The summed E-state index contributed by atoms with van der Waals surface area (Å²) < 4.78 is 0. The van der Waals surface area contributed by atoms with Gasteiger partial charge in [0.2, 0.25) is 0 Å². The maximum Gasteiger partial charge on any atom is 0.00792 e. The Morgan fingerprint density at radius 1 is 0.944 bits per heavy atom. The fraction of sp³-hybridized carbons (Fsp3) is 0.111. The molecule has 1 aliphatic carbocycles. The van der Waals surface area contributed by atoms with Gasteiger partial charge in [-0.15, -0.1) is 0 Å². The van der Waals surface area contributed by atoms with Gasteiger partial charge in [0.05, 0.1) is 0 Å². The summed E-state index contributed by atoms with van der Waals surface area (Å²) in [6, 6.07) is 19.2. The van der Waals surface area contributed by atoms with Crippen LogP contribution < -0.4 is 0 Å². The third-order valence-electron chi connectivity index (χ3n) is 3.73. The first-order chi connectivity index (χ1) is 8.83. The summed E-state index contributed by atoms with van der Waals surface area (Å²) in [5.41, 5.74) is 6.72. The molecule has 0 nitrogen and oxygen atoms in total. The Bertz CT molecular complexity index is 617. The van der Waals surface area contributed by atoms with E-state index >= 15 is 0 Å². The molecule has 18 heavy (non-hydrogen) atoms. The highest BCUT2D eigenvalue weighted by Gasteiger charge is 2.26. The van der Waals surface area contributed by atoms with Crippen molar-refractivity contribution in [3.63, 3.8) is 0 Å². The second-order valence-electron chi connectivity index (χ2n) is 4.71. The molecule has 2 aromatic carbocycles. The summed E-state index contributed by atoms with van der Waals surface area (Å²) >= 11 is 0. The van der Waals surface area contributed by atoms with Gasteiger partial charge in [0, 0.05) is 5.92 Å². The molecular weight excluding hydrogens is 216 g/mol. The minimum atomic E-state index is 0.441. The maximum atomic E-state index is 3.99. The molecule has 1 aliphatic rings. The topological polar surface area (TPSA) is 0 Å². The molecule has 2 aromatic rings. The minimum absolute atomic E-state index is 0.441. The predicted octanol–water partition coefficient (Wildman–Crippen LogP) is 4.90. The van der Waals surface area contributed by atoms with E-state index in [-0.39, 0.29) is 0 Å². The van der Waals surface area contributed by atoms with Crippen LogP contribution in [-0.2, 0) is 0 Å². The van der Waals surface area contributed by atoms with Gasteiger partial charge in [0.15, 0.2) is 0 Å². The zero-order valence-corrected chi connectivity index (χ0v) is 10.6. The van der Waals surface area contributed by atoms with Crippen molar-refractivity contribution < 1.29 is 0 Å². The van der Waals surface area contributed by atoms with Crippen molar-refractivity contribution in [2.45, 2.75) is 12.8 Å². The molecular formula is C18H16. The van der Waals surface area contributed by atoms with Gasteiger partial charge >= 0.3 is 0 Å². The Kier molecular flexibility index (Phi) is 2.64. The Hall–Kier alpha value is -2.08. The molecule has 0 heterocycles. The normalized spacial score (nSPS) is 17.7. The van der Waals surface area contributed by atoms with Crippen molar-refractivity contribution in [2.75, 3.05) is 0 Å². The van der Waals surface area contributed by atoms with Crippen LogP contribution in [0.4, 0.5) is 0 Å². The third-order valence-corrected chi connectivity index (χ3v) is 3.73. The van der Waals surface area contributed by atoms with Crippen molar-refractivity contribution in [1.29, 1.82) is 0 Å². The van der Waals surface area contributed by atoms with Gasteiger partial charge in [-0.25, -0.2) is 0 Å². The van der Waals surface area contributed by atoms with E-state index in [9.17, 15) is 0 Å². The number of fused-ring (bicyclic) bond motifs is 1. The van der Waals surface area contributed by atoms with E-state index < -0.39 is 0 Å². The van der Waals surface area contributed by atoms with Gasteiger partial charge in [0.25, 0.3) is 0 Å². The van der Waals surface area contributed by atoms with Crippen LogP contribution in [0.2, 0.25) is 0 Å². The van der Waals surface area contributed by atoms with Crippen LogP contribution in [0.5, 0.6) is 0 Å². The lowest BCUT2D eigenvalue weighted by atomic mass is 9.92. The second-order valence-corrected chi connectivity index (χ2v) is 4.71. The lowest BCUT2D eigenvalue weighted by Crippen LogP contribution is -1.92. The summed E-state index contributed by atoms with van der Waals surface area (Å²) in [4.78, 5) is 0. The van der Waals surface area contributed by atoms with Gasteiger partial charge in [-0.3, -0.25) is 0 Å². The standard InChI is InChI=1S/C18H16/c1-3-15-17-12-8-7-11-16(17)13(2)18(15)14-9-5-4-6-10-14/h3-13H,1H2,2H3. The fourth-order valence-corrected chi connectivity index (χ4v) is 2.90. The molecule has 0 fully saturated rings. The minimum Gasteiger partial charge on any atom is -0.0984 e. The van der Waals surface area contributed by atoms with Crippen LogP contribution in [0.1, 0.15) is 29.5 Å². The van der Waals surface area contributed by atoms with E-state index in [1.807, 2.05) is 6.08 Å². The van der Waals surface area contributed by atoms with Crippen molar-refractivity contribution in [1.82, 2.24) is 0 Å². The Labute approximate surface area is 108 Å². The Morgan fingerprint density at radius 2 is 1.61 bits per heavy atom. The first kappa shape index (κ1) is 11.0. The van der Waals surface area contributed by atoms with Crippen LogP contribution >= 0.6 is 0 Å². The van der Waals surface area contributed by atoms with Crippen LogP contribution in [0, 0.1) is 0 Å². The molecule has 88 valence electrons. The lowest BCUT2D eigenvalue weighted by Gasteiger charge is -2.11. The molecule has 0 aromatic heterocycles. The number of hydrogen-bond donors (Lipinski definition) is 0. The molecule has 1 unspecified atom stereocenters. The quantitative estimate of drug-likeness (QED) is 0.690. The fourth-order valence-electron chi connectivity index (χ4n) is 2.90. The smallest absolute Gasteiger partial charge is 0.00792 e. The largest absolute Gasteiger partial charge is 0.0984 e. The third kappa shape index (κ3) is 1.53. The monoisotopic (exact) mass is 232 g/mol. The van der Waals surface area contributed by atoms with Gasteiger partial charge in [-0.2, -0.15) is 0 Å². The van der Waals surface area contributed by atoms with Crippen molar-refractivity contribution in [2.24, 2.45) is 0 Å². The molecule has 0 amide bonds. The molecule has 0 saturated heterocycles. The van der Waals surface area contributed by atoms with E-state index in [1.165, 1.54) is 27.8 Å². The highest BCUT2D eigenvalue weighted by atomic mass is 14.3. The van der Waals surface area contributed by atoms with Gasteiger partial charge in [-0.05, 0) is 27.8 Å². The molecule has 0 aliphatic heterocycles. The van der Waals surface area contributed by atoms with Crippen molar-refractivity contribution in [3.8, 4) is 0 Å². The van der Waals surface area contributed by atoms with Crippen LogP contribution in [0.15, 0.2) is 67.3 Å². The highest BCUT2D eigenvalue weighted by molar-refractivity contribution is 6.02. The number of allylic oxidation sites excluding steroid dienone is 3. The number of benzene rings is 2. The average Bonchev–Trinajstić information content (AvgIpc) is 2.73. The van der Waals surface area contributed by atoms with Crippen molar-refractivity contribution in [3.05, 3.63) is 83.9 Å². The van der Waals surface area contributed by atoms with E-state index in [4.69, 9.17) is 0 Å². The van der Waals surface area contributed by atoms with Crippen LogP contribution in [0.3, 0.4) is 0 Å². The molecule has 0 bridgehead atoms. The zero-order valence-electron chi connectivity index (χ0n) is 10.6. The van der Waals surface area contributed by atoms with Gasteiger partial charge in [-0.1, -0.05) is 74.2 Å². The predicted molar refractivity (Wildman–Crippen MR) is 78.3 cm³/mol. The first-order valence-electron chi connectivity index (χ1n) is 6.34. The van der Waals surface area contributed by atoms with E-state index in [1.54, 1.807) is 0 Å². The van der Waals surface area contributed by atoms with Crippen LogP contribution in [0.25, 0.3) is 11.1 Å². The highest BCUT2D eigenvalue weighted by Crippen LogP contribution is 2.46. The van der Waals surface area contributed by atoms with Gasteiger partial charge in [0.1, 0.15) is 0 Å². The Morgan fingerprint density at radius 3 is 2.33 bits per heavy atom. The maximum absolute atomic E-state index is 3.99. The summed E-state index contributed by atoms with van der Waals surface area (Å²) in [6.07, 6.45) is 1.99. The lowest BCUT2D eigenvalue weighted by molar-refractivity contribution is 1.01. The zero-order chi connectivity index (χ0) is 12.5. The summed E-state index contributed by atoms with van der Waals surface area (Å²) in [5.74, 6) is 0.441. The molecule has 0 saturated carbocycles.